The number of hydrogen-bond donors (Lipinski definition) is 1. The number of aromatic nitrogens is 3. The third-order valence-corrected chi connectivity index (χ3v) is 2.51. The Morgan fingerprint density at radius 1 is 1.50 bits per heavy atom. The Bertz CT molecular complexity index is 354. The molecule has 0 radical (unpaired) electrons. The summed E-state index contributed by atoms with van der Waals surface area (Å²) in [5.41, 5.74) is 2.71. The minimum atomic E-state index is 0.464. The van der Waals surface area contributed by atoms with Gasteiger partial charge in [0.25, 0.3) is 0 Å². The first-order valence-corrected chi connectivity index (χ1v) is 4.80. The molecule has 12 heavy (non-hydrogen) atoms. The third kappa shape index (κ3) is 1.35. The minimum Gasteiger partial charge on any atom is -0.340 e. The molecule has 0 aliphatic rings. The molecule has 0 aromatic carbocycles. The molecular formula is C7H6ClN3S. The number of H-pyrrole nitrogens is 1. The number of halogens is 1. The van der Waals surface area contributed by atoms with Crippen molar-refractivity contribution in [3.63, 3.8) is 0 Å². The number of hydrogen-bond acceptors (Lipinski definition) is 3. The Kier molecular flexibility index (Phi) is 2.10. The van der Waals surface area contributed by atoms with Crippen molar-refractivity contribution >= 4 is 22.9 Å². The van der Waals surface area contributed by atoms with Crippen LogP contribution in [-0.4, -0.2) is 15.0 Å². The first kappa shape index (κ1) is 7.76. The average molecular weight is 200 g/mol. The monoisotopic (exact) mass is 199 g/mol. The van der Waals surface area contributed by atoms with Crippen molar-refractivity contribution in [1.29, 1.82) is 0 Å². The summed E-state index contributed by atoms with van der Waals surface area (Å²) in [7, 11) is 0. The van der Waals surface area contributed by atoms with E-state index in [0.29, 0.717) is 5.88 Å². The van der Waals surface area contributed by atoms with Crippen LogP contribution in [-0.2, 0) is 5.88 Å². The molecule has 0 saturated heterocycles. The van der Waals surface area contributed by atoms with Gasteiger partial charge in [0.15, 0.2) is 0 Å². The number of aromatic amines is 1. The van der Waals surface area contributed by atoms with E-state index in [-0.39, 0.29) is 0 Å². The van der Waals surface area contributed by atoms with Gasteiger partial charge >= 0.3 is 0 Å². The Morgan fingerprint density at radius 3 is 3.00 bits per heavy atom. The van der Waals surface area contributed by atoms with Crippen molar-refractivity contribution in [2.24, 2.45) is 0 Å². The standard InChI is InChI=1S/C7H6ClN3S/c8-1-5-2-10-7(11-5)6-3-9-4-12-6/h2-4H,1H2,(H,10,11). The van der Waals surface area contributed by atoms with Gasteiger partial charge in [0, 0.05) is 18.1 Å². The van der Waals surface area contributed by atoms with Gasteiger partial charge in [-0.05, 0) is 0 Å². The van der Waals surface area contributed by atoms with Gasteiger partial charge in [-0.2, -0.15) is 0 Å². The number of nitrogens with one attached hydrogen (secondary N) is 1. The fourth-order valence-electron chi connectivity index (χ4n) is 0.885. The molecule has 0 amide bonds. The molecule has 5 heteroatoms. The molecule has 0 spiro atoms. The summed E-state index contributed by atoms with van der Waals surface area (Å²) in [6.45, 7) is 0. The van der Waals surface area contributed by atoms with Crippen molar-refractivity contribution in [1.82, 2.24) is 15.0 Å². The van der Waals surface area contributed by atoms with Crippen LogP contribution < -0.4 is 0 Å². The van der Waals surface area contributed by atoms with E-state index in [1.165, 1.54) is 0 Å². The van der Waals surface area contributed by atoms with E-state index in [9.17, 15) is 0 Å². The van der Waals surface area contributed by atoms with Gasteiger partial charge in [0.05, 0.1) is 16.3 Å². The van der Waals surface area contributed by atoms with Crippen LogP contribution in [0.3, 0.4) is 0 Å². The molecule has 3 nitrogen and oxygen atoms in total. The van der Waals surface area contributed by atoms with Crippen LogP contribution in [0, 0.1) is 0 Å². The minimum absolute atomic E-state index is 0.464. The van der Waals surface area contributed by atoms with E-state index in [0.717, 1.165) is 16.4 Å². The van der Waals surface area contributed by atoms with E-state index in [4.69, 9.17) is 11.6 Å². The molecule has 0 atom stereocenters. The molecule has 0 aliphatic heterocycles. The molecule has 0 aliphatic carbocycles. The highest BCUT2D eigenvalue weighted by molar-refractivity contribution is 7.13. The highest BCUT2D eigenvalue weighted by atomic mass is 35.5. The lowest BCUT2D eigenvalue weighted by molar-refractivity contribution is 1.23. The molecular weight excluding hydrogens is 194 g/mol. The maximum Gasteiger partial charge on any atom is 0.149 e. The summed E-state index contributed by atoms with van der Waals surface area (Å²) in [6, 6.07) is 0. The van der Waals surface area contributed by atoms with Crippen LogP contribution >= 0.6 is 22.9 Å². The van der Waals surface area contributed by atoms with Crippen LogP contribution in [0.2, 0.25) is 0 Å². The number of nitrogens with zero attached hydrogens (tertiary/aromatic N) is 2. The zero-order valence-corrected chi connectivity index (χ0v) is 7.69. The van der Waals surface area contributed by atoms with Crippen molar-refractivity contribution in [3.8, 4) is 10.7 Å². The second kappa shape index (κ2) is 3.25. The van der Waals surface area contributed by atoms with Crippen LogP contribution in [0.4, 0.5) is 0 Å². The summed E-state index contributed by atoms with van der Waals surface area (Å²) in [6.07, 6.45) is 3.52. The van der Waals surface area contributed by atoms with Gasteiger partial charge in [-0.1, -0.05) is 0 Å². The lowest BCUT2D eigenvalue weighted by atomic mass is 10.5. The summed E-state index contributed by atoms with van der Waals surface area (Å²) >= 11 is 7.17. The quantitative estimate of drug-likeness (QED) is 0.754. The highest BCUT2D eigenvalue weighted by Gasteiger charge is 2.03. The normalized spacial score (nSPS) is 10.4. The van der Waals surface area contributed by atoms with Gasteiger partial charge < -0.3 is 4.98 Å². The zero-order chi connectivity index (χ0) is 8.39. The first-order valence-electron chi connectivity index (χ1n) is 3.39. The van der Waals surface area contributed by atoms with E-state index in [1.807, 2.05) is 0 Å². The third-order valence-electron chi connectivity index (χ3n) is 1.44. The van der Waals surface area contributed by atoms with Crippen LogP contribution in [0.25, 0.3) is 10.7 Å². The Balaban J connectivity index is 2.35. The Hall–Kier alpha value is -0.870. The Morgan fingerprint density at radius 2 is 2.42 bits per heavy atom. The van der Waals surface area contributed by atoms with Crippen molar-refractivity contribution in [2.75, 3.05) is 0 Å². The second-order valence-electron chi connectivity index (χ2n) is 2.26. The van der Waals surface area contributed by atoms with E-state index in [1.54, 1.807) is 29.2 Å². The van der Waals surface area contributed by atoms with Crippen molar-refractivity contribution in [3.05, 3.63) is 23.6 Å². The van der Waals surface area contributed by atoms with Crippen molar-refractivity contribution < 1.29 is 0 Å². The SMILES string of the molecule is ClCc1cnc(-c2cncs2)[nH]1. The number of rotatable bonds is 2. The summed E-state index contributed by atoms with van der Waals surface area (Å²) in [5.74, 6) is 1.30. The lowest BCUT2D eigenvalue weighted by Crippen LogP contribution is -1.76. The molecule has 0 saturated carbocycles. The molecule has 2 heterocycles. The molecule has 2 aromatic heterocycles. The predicted octanol–water partition coefficient (Wildman–Crippen LogP) is 2.27. The summed E-state index contributed by atoms with van der Waals surface area (Å²) in [5, 5.41) is 0. The van der Waals surface area contributed by atoms with E-state index in [2.05, 4.69) is 15.0 Å². The topological polar surface area (TPSA) is 41.6 Å². The largest absolute Gasteiger partial charge is 0.340 e. The summed E-state index contributed by atoms with van der Waals surface area (Å²) < 4.78 is 0. The van der Waals surface area contributed by atoms with E-state index >= 15 is 0 Å². The average Bonchev–Trinajstić information content (AvgIpc) is 2.75. The van der Waals surface area contributed by atoms with Gasteiger partial charge in [-0.3, -0.25) is 4.98 Å². The van der Waals surface area contributed by atoms with Gasteiger partial charge in [-0.25, -0.2) is 4.98 Å². The highest BCUT2D eigenvalue weighted by Crippen LogP contribution is 2.19. The van der Waals surface area contributed by atoms with E-state index < -0.39 is 0 Å². The molecule has 2 rings (SSSR count). The van der Waals surface area contributed by atoms with Gasteiger partial charge in [0.2, 0.25) is 0 Å². The smallest absolute Gasteiger partial charge is 0.149 e. The molecule has 1 N–H and O–H groups in total. The van der Waals surface area contributed by atoms with Crippen molar-refractivity contribution in [2.45, 2.75) is 5.88 Å². The number of alkyl halides is 1. The Labute approximate surface area is 78.4 Å². The maximum absolute atomic E-state index is 5.62. The van der Waals surface area contributed by atoms with Crippen LogP contribution in [0.5, 0.6) is 0 Å². The second-order valence-corrected chi connectivity index (χ2v) is 3.41. The molecule has 0 unspecified atom stereocenters. The fraction of sp³-hybridized carbons (Fsp3) is 0.143. The number of thiazole rings is 1. The molecule has 2 aromatic rings. The fourth-order valence-corrected chi connectivity index (χ4v) is 1.59. The zero-order valence-electron chi connectivity index (χ0n) is 6.12. The first-order chi connectivity index (χ1) is 5.90. The molecule has 0 bridgehead atoms. The number of imidazole rings is 1. The van der Waals surface area contributed by atoms with Crippen LogP contribution in [0.15, 0.2) is 17.9 Å². The molecule has 0 fully saturated rings. The lowest BCUT2D eigenvalue weighted by Gasteiger charge is -1.87. The molecule has 62 valence electrons. The maximum atomic E-state index is 5.62. The van der Waals surface area contributed by atoms with Gasteiger partial charge in [-0.15, -0.1) is 22.9 Å². The summed E-state index contributed by atoms with van der Waals surface area (Å²) in [4.78, 5) is 12.2. The van der Waals surface area contributed by atoms with Gasteiger partial charge in [0.1, 0.15) is 5.82 Å². The predicted molar refractivity (Wildman–Crippen MR) is 49.3 cm³/mol. The van der Waals surface area contributed by atoms with Crippen LogP contribution in [0.1, 0.15) is 5.69 Å².